The maximum atomic E-state index is 12.8. The fraction of sp³-hybridized carbons (Fsp3) is 0.533. The Bertz CT molecular complexity index is 804. The Kier molecular flexibility index (Phi) is 5.21. The van der Waals surface area contributed by atoms with Crippen molar-refractivity contribution < 1.29 is 25.8 Å². The highest BCUT2D eigenvalue weighted by atomic mass is 79.9. The van der Waals surface area contributed by atoms with Gasteiger partial charge in [0.1, 0.15) is 5.66 Å². The van der Waals surface area contributed by atoms with E-state index in [0.717, 1.165) is 4.47 Å². The number of nitrogens with one attached hydrogen (secondary N) is 1. The second-order valence-corrected chi connectivity index (χ2v) is 8.84. The third-order valence-electron chi connectivity index (χ3n) is 4.44. The Morgan fingerprint density at radius 1 is 1.27 bits per heavy atom. The van der Waals surface area contributed by atoms with Crippen molar-refractivity contribution in [3.8, 4) is 0 Å². The van der Waals surface area contributed by atoms with Gasteiger partial charge in [-0.15, -0.1) is 0 Å². The molecule has 2 aliphatic heterocycles. The summed E-state index contributed by atoms with van der Waals surface area (Å²) >= 11 is 3.28. The van der Waals surface area contributed by atoms with Crippen molar-refractivity contribution >= 4 is 31.8 Å². The van der Waals surface area contributed by atoms with Crippen molar-refractivity contribution in [2.45, 2.75) is 30.2 Å². The molecule has 1 fully saturated rings. The van der Waals surface area contributed by atoms with Crippen LogP contribution in [0.15, 0.2) is 33.7 Å². The van der Waals surface area contributed by atoms with E-state index in [0.29, 0.717) is 31.5 Å². The Balaban J connectivity index is 1.95. The van der Waals surface area contributed by atoms with Crippen molar-refractivity contribution in [3.63, 3.8) is 0 Å². The van der Waals surface area contributed by atoms with Crippen LogP contribution in [0, 0.1) is 0 Å². The lowest BCUT2D eigenvalue weighted by molar-refractivity contribution is -0.0567. The van der Waals surface area contributed by atoms with E-state index in [1.165, 1.54) is 0 Å². The summed E-state index contributed by atoms with van der Waals surface area (Å²) in [6, 6.07) is 6.70. The van der Waals surface area contributed by atoms with Crippen LogP contribution >= 0.6 is 15.9 Å². The number of piperidine rings is 1. The number of likely N-dealkylation sites (tertiary alicyclic amines) is 1. The van der Waals surface area contributed by atoms with Gasteiger partial charge in [-0.3, -0.25) is 10.3 Å². The fourth-order valence-electron chi connectivity index (χ4n) is 2.97. The molecule has 1 aromatic rings. The molecule has 1 spiro atoms. The quantitative estimate of drug-likeness (QED) is 0.559. The van der Waals surface area contributed by atoms with E-state index >= 15 is 0 Å². The summed E-state index contributed by atoms with van der Waals surface area (Å²) in [6.45, 7) is 1.37. The van der Waals surface area contributed by atoms with Crippen molar-refractivity contribution in [2.24, 2.45) is 4.99 Å². The van der Waals surface area contributed by atoms with Gasteiger partial charge >= 0.3 is 15.6 Å². The lowest BCUT2D eigenvalue weighted by Crippen LogP contribution is -2.53. The molecule has 1 unspecified atom stereocenters. The molecule has 0 amide bonds. The summed E-state index contributed by atoms with van der Waals surface area (Å²) < 4.78 is 66.6. The molecule has 0 bridgehead atoms. The predicted molar refractivity (Wildman–Crippen MR) is 93.1 cm³/mol. The highest BCUT2D eigenvalue weighted by molar-refractivity contribution is 9.10. The number of benzene rings is 1. The van der Waals surface area contributed by atoms with Crippen LogP contribution in [-0.4, -0.2) is 56.6 Å². The van der Waals surface area contributed by atoms with E-state index in [1.807, 2.05) is 7.05 Å². The number of hydrogen-bond donors (Lipinski definition) is 1. The molecule has 1 aromatic carbocycles. The van der Waals surface area contributed by atoms with E-state index in [2.05, 4.69) is 35.3 Å². The summed E-state index contributed by atoms with van der Waals surface area (Å²) in [6.07, 6.45) is -0.420. The second-order valence-electron chi connectivity index (χ2n) is 6.36. The van der Waals surface area contributed by atoms with Crippen LogP contribution in [0.5, 0.6) is 0 Å². The first-order valence-corrected chi connectivity index (χ1v) is 10.0. The van der Waals surface area contributed by atoms with Crippen LogP contribution < -0.4 is 5.32 Å². The molecule has 0 saturated carbocycles. The topological polar surface area (TPSA) is 71.0 Å². The van der Waals surface area contributed by atoms with Crippen LogP contribution in [-0.2, 0) is 14.3 Å². The van der Waals surface area contributed by atoms with E-state index in [-0.39, 0.29) is 5.71 Å². The normalized spacial score (nSPS) is 24.0. The van der Waals surface area contributed by atoms with Crippen LogP contribution in [0.25, 0.3) is 0 Å². The maximum absolute atomic E-state index is 12.8. The first-order valence-electron chi connectivity index (χ1n) is 7.83. The van der Waals surface area contributed by atoms with Crippen molar-refractivity contribution in [3.05, 3.63) is 34.3 Å². The lowest BCUT2D eigenvalue weighted by atomic mass is 9.99. The minimum absolute atomic E-state index is 0.148. The van der Waals surface area contributed by atoms with Crippen molar-refractivity contribution in [1.29, 1.82) is 0 Å². The van der Waals surface area contributed by atoms with Crippen LogP contribution in [0.3, 0.4) is 0 Å². The van der Waals surface area contributed by atoms with Crippen molar-refractivity contribution in [1.82, 2.24) is 10.2 Å². The molecule has 26 heavy (non-hydrogen) atoms. The van der Waals surface area contributed by atoms with Gasteiger partial charge < -0.3 is 4.90 Å². The predicted octanol–water partition coefficient (Wildman–Crippen LogP) is 2.46. The zero-order valence-corrected chi connectivity index (χ0v) is 16.2. The molecule has 1 atom stereocenters. The van der Waals surface area contributed by atoms with E-state index in [9.17, 15) is 21.6 Å². The number of nitrogens with zero attached hydrogens (tertiary/aromatic N) is 2. The zero-order chi connectivity index (χ0) is 19.2. The third-order valence-corrected chi connectivity index (χ3v) is 5.98. The molecule has 0 aromatic heterocycles. The second kappa shape index (κ2) is 6.86. The first-order chi connectivity index (χ1) is 12.0. The maximum Gasteiger partial charge on any atom is 0.523 e. The SMILES string of the molecule is CN1CCC2(CC1)N=C(c1ccc(Br)cc1)C(OS(=O)(=O)C(F)(F)F)N2. The molecule has 1 saturated heterocycles. The molecule has 0 radical (unpaired) electrons. The standard InChI is InChI=1S/C15H17BrF3N3O3S/c1-22-8-6-14(7-9-22)20-12(10-2-4-11(16)5-3-10)13(21-14)25-26(23,24)15(17,18)19/h2-5,13,21H,6-9H2,1H3. The monoisotopic (exact) mass is 455 g/mol. The first kappa shape index (κ1) is 19.7. The van der Waals surface area contributed by atoms with Crippen LogP contribution in [0.1, 0.15) is 18.4 Å². The zero-order valence-electron chi connectivity index (χ0n) is 13.8. The van der Waals surface area contributed by atoms with Gasteiger partial charge in [-0.1, -0.05) is 28.1 Å². The van der Waals surface area contributed by atoms with E-state index < -0.39 is 27.5 Å². The average Bonchev–Trinajstić information content (AvgIpc) is 2.88. The Morgan fingerprint density at radius 3 is 2.38 bits per heavy atom. The fourth-order valence-corrected chi connectivity index (χ4v) is 3.73. The number of alkyl halides is 3. The number of rotatable bonds is 3. The Hall–Kier alpha value is -1.01. The van der Waals surface area contributed by atoms with Gasteiger partial charge in [0.05, 0.1) is 5.71 Å². The van der Waals surface area contributed by atoms with Gasteiger partial charge in [0.2, 0.25) is 0 Å². The molecular weight excluding hydrogens is 439 g/mol. The summed E-state index contributed by atoms with van der Waals surface area (Å²) in [4.78, 5) is 6.64. The summed E-state index contributed by atoms with van der Waals surface area (Å²) in [5, 5.41) is 2.87. The van der Waals surface area contributed by atoms with E-state index in [4.69, 9.17) is 0 Å². The van der Waals surface area contributed by atoms with E-state index in [1.54, 1.807) is 24.3 Å². The minimum atomic E-state index is -5.76. The molecule has 2 aliphatic rings. The van der Waals surface area contributed by atoms with Crippen molar-refractivity contribution in [2.75, 3.05) is 20.1 Å². The molecule has 1 N–H and O–H groups in total. The summed E-state index contributed by atoms with van der Waals surface area (Å²) in [5.74, 6) is 0. The lowest BCUT2D eigenvalue weighted by Gasteiger charge is -2.36. The van der Waals surface area contributed by atoms with Gasteiger partial charge in [-0.05, 0) is 37.6 Å². The number of aliphatic imine (C=N–C) groups is 1. The number of hydrogen-bond acceptors (Lipinski definition) is 6. The van der Waals surface area contributed by atoms with Gasteiger partial charge in [0.15, 0.2) is 6.23 Å². The Morgan fingerprint density at radius 2 is 1.85 bits per heavy atom. The molecule has 2 heterocycles. The Labute approximate surface area is 157 Å². The van der Waals surface area contributed by atoms with Gasteiger partial charge in [-0.25, -0.2) is 4.18 Å². The molecular formula is C15H17BrF3N3O3S. The van der Waals surface area contributed by atoms with Gasteiger partial charge in [-0.2, -0.15) is 21.6 Å². The number of halogens is 4. The molecule has 11 heteroatoms. The third kappa shape index (κ3) is 3.96. The minimum Gasteiger partial charge on any atom is -0.306 e. The average molecular weight is 456 g/mol. The summed E-state index contributed by atoms with van der Waals surface area (Å²) in [7, 11) is -3.83. The summed E-state index contributed by atoms with van der Waals surface area (Å²) in [5.41, 5.74) is -5.68. The van der Waals surface area contributed by atoms with Gasteiger partial charge in [0.25, 0.3) is 0 Å². The highest BCUT2D eigenvalue weighted by Crippen LogP contribution is 2.33. The van der Waals surface area contributed by atoms with Crippen LogP contribution in [0.2, 0.25) is 0 Å². The smallest absolute Gasteiger partial charge is 0.306 e. The largest absolute Gasteiger partial charge is 0.523 e. The van der Waals surface area contributed by atoms with Crippen LogP contribution in [0.4, 0.5) is 13.2 Å². The molecule has 144 valence electrons. The molecule has 3 rings (SSSR count). The van der Waals surface area contributed by atoms with Gasteiger partial charge in [0, 0.05) is 17.6 Å². The molecule has 6 nitrogen and oxygen atoms in total. The highest BCUT2D eigenvalue weighted by Gasteiger charge is 2.52. The molecule has 0 aliphatic carbocycles.